The predicted molar refractivity (Wildman–Crippen MR) is 109 cm³/mol. The maximum Gasteiger partial charge on any atom is 0.269 e. The van der Waals surface area contributed by atoms with Gasteiger partial charge in [-0.2, -0.15) is 0 Å². The van der Waals surface area contributed by atoms with Gasteiger partial charge in [-0.15, -0.1) is 0 Å². The van der Waals surface area contributed by atoms with Gasteiger partial charge in [-0.25, -0.2) is 4.39 Å². The number of carbonyl (C=O) groups is 1. The van der Waals surface area contributed by atoms with E-state index in [9.17, 15) is 19.3 Å². The lowest BCUT2D eigenvalue weighted by Crippen LogP contribution is -2.36. The fourth-order valence-electron chi connectivity index (χ4n) is 3.50. The van der Waals surface area contributed by atoms with Crippen LogP contribution in [0.1, 0.15) is 17.5 Å². The Morgan fingerprint density at radius 3 is 2.59 bits per heavy atom. The van der Waals surface area contributed by atoms with Crippen LogP contribution < -0.4 is 5.32 Å². The number of nitro benzene ring substituents is 1. The highest BCUT2D eigenvalue weighted by Crippen LogP contribution is 2.21. The maximum atomic E-state index is 13.9. The molecule has 0 aliphatic carbocycles. The summed E-state index contributed by atoms with van der Waals surface area (Å²) in [5.41, 5.74) is 1.92. The van der Waals surface area contributed by atoms with Gasteiger partial charge in [0.15, 0.2) is 0 Å². The average Bonchev–Trinajstić information content (AvgIpc) is 2.90. The number of rotatable bonds is 6. The molecule has 0 atom stereocenters. The van der Waals surface area contributed by atoms with E-state index < -0.39 is 4.92 Å². The lowest BCUT2D eigenvalue weighted by atomic mass is 10.2. The number of amides is 1. The van der Waals surface area contributed by atoms with E-state index in [1.807, 2.05) is 6.07 Å². The van der Waals surface area contributed by atoms with Crippen molar-refractivity contribution in [1.29, 1.82) is 0 Å². The standard InChI is InChI=1S/C21H25FN4O3/c1-16-13-18(26(28)29)7-8-20(16)23-21(27)15-25-10-4-9-24(11-12-25)14-17-5-2-3-6-19(17)22/h2-3,5-8,13H,4,9-12,14-15H2,1H3,(H,23,27). The van der Waals surface area contributed by atoms with Crippen LogP contribution in [0, 0.1) is 22.9 Å². The summed E-state index contributed by atoms with van der Waals surface area (Å²) in [6, 6.07) is 11.2. The SMILES string of the molecule is Cc1cc([N+](=O)[O-])ccc1NC(=O)CN1CCCN(Cc2ccccc2F)CC1. The third kappa shape index (κ3) is 5.82. The molecule has 1 aliphatic rings. The minimum absolute atomic E-state index is 0.00274. The molecular weight excluding hydrogens is 375 g/mol. The zero-order chi connectivity index (χ0) is 20.8. The Labute approximate surface area is 169 Å². The van der Waals surface area contributed by atoms with Crippen LogP contribution in [0.3, 0.4) is 0 Å². The number of nitro groups is 1. The van der Waals surface area contributed by atoms with Crippen molar-refractivity contribution in [1.82, 2.24) is 9.80 Å². The van der Waals surface area contributed by atoms with Gasteiger partial charge in [0, 0.05) is 43.0 Å². The molecule has 0 bridgehead atoms. The number of hydrogen-bond donors (Lipinski definition) is 1. The minimum atomic E-state index is -0.455. The summed E-state index contributed by atoms with van der Waals surface area (Å²) < 4.78 is 13.9. The number of hydrogen-bond acceptors (Lipinski definition) is 5. The zero-order valence-corrected chi connectivity index (χ0v) is 16.4. The van der Waals surface area contributed by atoms with Gasteiger partial charge in [0.05, 0.1) is 11.5 Å². The molecule has 1 amide bonds. The summed E-state index contributed by atoms with van der Waals surface area (Å²) in [6.07, 6.45) is 0.901. The molecule has 2 aromatic carbocycles. The van der Waals surface area contributed by atoms with E-state index in [0.29, 0.717) is 23.4 Å². The Balaban J connectivity index is 1.51. The maximum absolute atomic E-state index is 13.9. The molecule has 1 fully saturated rings. The molecule has 0 spiro atoms. The van der Waals surface area contributed by atoms with E-state index in [0.717, 1.165) is 32.6 Å². The monoisotopic (exact) mass is 400 g/mol. The molecule has 3 rings (SSSR count). The van der Waals surface area contributed by atoms with Crippen molar-refractivity contribution in [3.63, 3.8) is 0 Å². The second-order valence-electron chi connectivity index (χ2n) is 7.30. The molecule has 7 nitrogen and oxygen atoms in total. The van der Waals surface area contributed by atoms with Crippen LogP contribution in [0.25, 0.3) is 0 Å². The fourth-order valence-corrected chi connectivity index (χ4v) is 3.50. The van der Waals surface area contributed by atoms with Crippen LogP contribution in [0.15, 0.2) is 42.5 Å². The van der Waals surface area contributed by atoms with E-state index in [1.165, 1.54) is 18.2 Å². The van der Waals surface area contributed by atoms with E-state index in [4.69, 9.17) is 0 Å². The first-order valence-corrected chi connectivity index (χ1v) is 9.65. The average molecular weight is 400 g/mol. The summed E-state index contributed by atoms with van der Waals surface area (Å²) in [5.74, 6) is -0.337. The molecule has 1 N–H and O–H groups in total. The van der Waals surface area contributed by atoms with Gasteiger partial charge in [-0.1, -0.05) is 18.2 Å². The van der Waals surface area contributed by atoms with Gasteiger partial charge in [0.1, 0.15) is 5.82 Å². The fraction of sp³-hybridized carbons (Fsp3) is 0.381. The second-order valence-corrected chi connectivity index (χ2v) is 7.30. The van der Waals surface area contributed by atoms with E-state index in [2.05, 4.69) is 15.1 Å². The molecule has 154 valence electrons. The van der Waals surface area contributed by atoms with Crippen LogP contribution in [0.2, 0.25) is 0 Å². The summed E-state index contributed by atoms with van der Waals surface area (Å²) in [5, 5.41) is 13.7. The Kier molecular flexibility index (Phi) is 6.90. The van der Waals surface area contributed by atoms with Crippen molar-refractivity contribution in [3.05, 3.63) is 69.5 Å². The molecular formula is C21H25FN4O3. The highest BCUT2D eigenvalue weighted by atomic mass is 19.1. The van der Waals surface area contributed by atoms with Crippen molar-refractivity contribution in [3.8, 4) is 0 Å². The summed E-state index contributed by atoms with van der Waals surface area (Å²) in [6.45, 7) is 5.68. The van der Waals surface area contributed by atoms with Gasteiger partial charge in [0.2, 0.25) is 5.91 Å². The molecule has 29 heavy (non-hydrogen) atoms. The quantitative estimate of drug-likeness (QED) is 0.595. The van der Waals surface area contributed by atoms with Crippen LogP contribution in [0.5, 0.6) is 0 Å². The summed E-state index contributed by atoms with van der Waals surface area (Å²) in [4.78, 5) is 27.1. The molecule has 0 unspecified atom stereocenters. The summed E-state index contributed by atoms with van der Waals surface area (Å²) >= 11 is 0. The van der Waals surface area contributed by atoms with E-state index in [-0.39, 0.29) is 24.0 Å². The number of halogens is 1. The van der Waals surface area contributed by atoms with Crippen molar-refractivity contribution in [2.45, 2.75) is 19.9 Å². The van der Waals surface area contributed by atoms with E-state index in [1.54, 1.807) is 25.1 Å². The first-order chi connectivity index (χ1) is 13.9. The zero-order valence-electron chi connectivity index (χ0n) is 16.4. The number of nitrogens with one attached hydrogen (secondary N) is 1. The molecule has 0 radical (unpaired) electrons. The normalized spacial score (nSPS) is 15.7. The topological polar surface area (TPSA) is 78.7 Å². The Morgan fingerprint density at radius 2 is 1.86 bits per heavy atom. The number of benzene rings is 2. The molecule has 1 heterocycles. The number of aryl methyl sites for hydroxylation is 1. The number of anilines is 1. The van der Waals surface area contributed by atoms with Crippen molar-refractivity contribution in [2.24, 2.45) is 0 Å². The van der Waals surface area contributed by atoms with Crippen LogP contribution in [-0.2, 0) is 11.3 Å². The molecule has 0 aromatic heterocycles. The van der Waals surface area contributed by atoms with Gasteiger partial charge >= 0.3 is 0 Å². The number of non-ortho nitro benzene ring substituents is 1. The molecule has 1 aliphatic heterocycles. The van der Waals surface area contributed by atoms with Gasteiger partial charge in [-0.3, -0.25) is 24.7 Å². The first kappa shape index (κ1) is 20.9. The third-order valence-corrected chi connectivity index (χ3v) is 5.10. The number of nitrogens with zero attached hydrogens (tertiary/aromatic N) is 3. The Hall–Kier alpha value is -2.84. The van der Waals surface area contributed by atoms with Crippen molar-refractivity contribution < 1.29 is 14.1 Å². The Bertz CT molecular complexity index is 890. The number of carbonyl (C=O) groups excluding carboxylic acids is 1. The molecule has 1 saturated heterocycles. The van der Waals surface area contributed by atoms with Gasteiger partial charge in [0.25, 0.3) is 5.69 Å². The van der Waals surface area contributed by atoms with Gasteiger partial charge < -0.3 is 5.32 Å². The predicted octanol–water partition coefficient (Wildman–Crippen LogP) is 3.19. The first-order valence-electron chi connectivity index (χ1n) is 9.65. The lowest BCUT2D eigenvalue weighted by Gasteiger charge is -2.22. The van der Waals surface area contributed by atoms with Crippen LogP contribution in [0.4, 0.5) is 15.8 Å². The van der Waals surface area contributed by atoms with Crippen molar-refractivity contribution >= 4 is 17.3 Å². The molecule has 2 aromatic rings. The highest BCUT2D eigenvalue weighted by molar-refractivity contribution is 5.93. The van der Waals surface area contributed by atoms with E-state index >= 15 is 0 Å². The molecule has 8 heteroatoms. The molecule has 0 saturated carbocycles. The smallest absolute Gasteiger partial charge is 0.269 e. The summed E-state index contributed by atoms with van der Waals surface area (Å²) in [7, 11) is 0. The van der Waals surface area contributed by atoms with Crippen molar-refractivity contribution in [2.75, 3.05) is 38.0 Å². The largest absolute Gasteiger partial charge is 0.325 e. The lowest BCUT2D eigenvalue weighted by molar-refractivity contribution is -0.384. The van der Waals surface area contributed by atoms with Gasteiger partial charge in [-0.05, 0) is 44.1 Å². The highest BCUT2D eigenvalue weighted by Gasteiger charge is 2.19. The third-order valence-electron chi connectivity index (χ3n) is 5.10. The second kappa shape index (κ2) is 9.58. The van der Waals surface area contributed by atoms with Crippen LogP contribution >= 0.6 is 0 Å². The minimum Gasteiger partial charge on any atom is -0.325 e. The Morgan fingerprint density at radius 1 is 1.14 bits per heavy atom. The van der Waals surface area contributed by atoms with Crippen LogP contribution in [-0.4, -0.2) is 53.4 Å².